The summed E-state index contributed by atoms with van der Waals surface area (Å²) in [6.07, 6.45) is 1.61. The third-order valence-electron chi connectivity index (χ3n) is 1.99. The van der Waals surface area contributed by atoms with Crippen molar-refractivity contribution < 1.29 is 9.53 Å². The molecule has 1 unspecified atom stereocenters. The van der Waals surface area contributed by atoms with Crippen molar-refractivity contribution in [2.45, 2.75) is 12.3 Å². The highest BCUT2D eigenvalue weighted by atomic mass is 35.5. The Kier molecular flexibility index (Phi) is 5.22. The van der Waals surface area contributed by atoms with Crippen LogP contribution in [0.25, 0.3) is 0 Å². The summed E-state index contributed by atoms with van der Waals surface area (Å²) in [6, 6.07) is 3.40. The normalized spacial score (nSPS) is 12.2. The van der Waals surface area contributed by atoms with E-state index in [-0.39, 0.29) is 11.3 Å². The average Bonchev–Trinajstić information content (AvgIpc) is 2.26. The number of nitrogens with one attached hydrogen (secondary N) is 1. The number of carbonyl (C=O) groups excluding carboxylic acids is 1. The van der Waals surface area contributed by atoms with E-state index >= 15 is 0 Å². The van der Waals surface area contributed by atoms with Crippen molar-refractivity contribution in [2.24, 2.45) is 0 Å². The van der Waals surface area contributed by atoms with Gasteiger partial charge in [0.25, 0.3) is 5.91 Å². The van der Waals surface area contributed by atoms with E-state index in [9.17, 15) is 4.79 Å². The van der Waals surface area contributed by atoms with Gasteiger partial charge in [0.05, 0.1) is 12.0 Å². The lowest BCUT2D eigenvalue weighted by molar-refractivity contribution is 0.0949. The number of amides is 1. The highest BCUT2D eigenvalue weighted by Crippen LogP contribution is 2.01. The van der Waals surface area contributed by atoms with Crippen LogP contribution in [0.3, 0.4) is 0 Å². The maximum absolute atomic E-state index is 11.7. The number of pyridine rings is 1. The van der Waals surface area contributed by atoms with E-state index in [1.165, 1.54) is 0 Å². The van der Waals surface area contributed by atoms with Crippen molar-refractivity contribution in [3.05, 3.63) is 29.6 Å². The molecule has 5 heteroatoms. The molecule has 0 saturated heterocycles. The number of rotatable bonds is 5. The summed E-state index contributed by atoms with van der Waals surface area (Å²) in [5.41, 5.74) is 1.40. The molecule has 0 aromatic carbocycles. The number of alkyl halides is 1. The van der Waals surface area contributed by atoms with Gasteiger partial charge in [-0.05, 0) is 19.1 Å². The number of hydrogen-bond donors (Lipinski definition) is 1. The summed E-state index contributed by atoms with van der Waals surface area (Å²) in [5, 5.41) is 2.52. The summed E-state index contributed by atoms with van der Waals surface area (Å²) < 4.78 is 4.87. The number of ether oxygens (including phenoxy) is 1. The molecule has 0 aliphatic rings. The molecule has 1 heterocycles. The number of halogens is 1. The molecular weight excluding hydrogens is 228 g/mol. The Balaban J connectivity index is 2.47. The van der Waals surface area contributed by atoms with E-state index in [2.05, 4.69) is 10.3 Å². The fourth-order valence-electron chi connectivity index (χ4n) is 1.23. The SMILES string of the molecule is COCC(Cl)CNC(=O)c1ccnc(C)c1. The minimum Gasteiger partial charge on any atom is -0.383 e. The Labute approximate surface area is 100.0 Å². The Morgan fingerprint density at radius 1 is 1.69 bits per heavy atom. The van der Waals surface area contributed by atoms with Crippen LogP contribution in [0.15, 0.2) is 18.3 Å². The molecule has 1 aromatic rings. The number of methoxy groups -OCH3 is 1. The first-order valence-electron chi connectivity index (χ1n) is 4.97. The topological polar surface area (TPSA) is 51.2 Å². The number of aryl methyl sites for hydroxylation is 1. The molecular formula is C11H15ClN2O2. The first-order valence-corrected chi connectivity index (χ1v) is 5.41. The van der Waals surface area contributed by atoms with E-state index in [0.29, 0.717) is 18.7 Å². The lowest BCUT2D eigenvalue weighted by atomic mass is 10.2. The molecule has 1 rings (SSSR count). The van der Waals surface area contributed by atoms with E-state index in [0.717, 1.165) is 5.69 Å². The number of hydrogen-bond acceptors (Lipinski definition) is 3. The second-order valence-electron chi connectivity index (χ2n) is 3.45. The van der Waals surface area contributed by atoms with Crippen LogP contribution in [0.2, 0.25) is 0 Å². The zero-order chi connectivity index (χ0) is 12.0. The van der Waals surface area contributed by atoms with Crippen LogP contribution < -0.4 is 5.32 Å². The van der Waals surface area contributed by atoms with Gasteiger partial charge in [-0.25, -0.2) is 0 Å². The number of carbonyl (C=O) groups is 1. The van der Waals surface area contributed by atoms with Crippen LogP contribution in [-0.4, -0.2) is 36.5 Å². The molecule has 1 aromatic heterocycles. The van der Waals surface area contributed by atoms with Crippen molar-refractivity contribution in [1.82, 2.24) is 10.3 Å². The monoisotopic (exact) mass is 242 g/mol. The fraction of sp³-hybridized carbons (Fsp3) is 0.455. The predicted molar refractivity (Wildman–Crippen MR) is 62.8 cm³/mol. The van der Waals surface area contributed by atoms with E-state index in [1.807, 2.05) is 6.92 Å². The summed E-state index contributed by atoms with van der Waals surface area (Å²) in [5.74, 6) is -0.146. The van der Waals surface area contributed by atoms with Crippen LogP contribution in [0.4, 0.5) is 0 Å². The minimum atomic E-state index is -0.211. The Bertz CT molecular complexity index is 358. The Hall–Kier alpha value is -1.13. The first-order chi connectivity index (χ1) is 7.63. The maximum atomic E-state index is 11.7. The summed E-state index contributed by atoms with van der Waals surface area (Å²) in [7, 11) is 1.57. The van der Waals surface area contributed by atoms with Gasteiger partial charge >= 0.3 is 0 Å². The minimum absolute atomic E-state index is 0.146. The molecule has 0 bridgehead atoms. The third kappa shape index (κ3) is 4.16. The van der Waals surface area contributed by atoms with Crippen molar-refractivity contribution in [3.8, 4) is 0 Å². The van der Waals surface area contributed by atoms with Gasteiger partial charge < -0.3 is 10.1 Å². The van der Waals surface area contributed by atoms with E-state index in [1.54, 1.807) is 25.4 Å². The van der Waals surface area contributed by atoms with Crippen molar-refractivity contribution in [3.63, 3.8) is 0 Å². The molecule has 1 amide bonds. The zero-order valence-electron chi connectivity index (χ0n) is 9.37. The molecule has 88 valence electrons. The number of nitrogens with zero attached hydrogens (tertiary/aromatic N) is 1. The Morgan fingerprint density at radius 2 is 2.44 bits per heavy atom. The Morgan fingerprint density at radius 3 is 3.06 bits per heavy atom. The molecule has 1 N–H and O–H groups in total. The standard InChI is InChI=1S/C11H15ClN2O2/c1-8-5-9(3-4-13-8)11(15)14-6-10(12)7-16-2/h3-5,10H,6-7H2,1-2H3,(H,14,15). The van der Waals surface area contributed by atoms with Gasteiger partial charge in [0.15, 0.2) is 0 Å². The highest BCUT2D eigenvalue weighted by molar-refractivity contribution is 6.21. The zero-order valence-corrected chi connectivity index (χ0v) is 10.1. The van der Waals surface area contributed by atoms with E-state index in [4.69, 9.17) is 16.3 Å². The van der Waals surface area contributed by atoms with Crippen LogP contribution in [0, 0.1) is 6.92 Å². The van der Waals surface area contributed by atoms with Crippen LogP contribution in [-0.2, 0) is 4.74 Å². The fourth-order valence-corrected chi connectivity index (χ4v) is 1.44. The van der Waals surface area contributed by atoms with Crippen LogP contribution >= 0.6 is 11.6 Å². The molecule has 4 nitrogen and oxygen atoms in total. The third-order valence-corrected chi connectivity index (χ3v) is 2.27. The highest BCUT2D eigenvalue weighted by Gasteiger charge is 2.08. The maximum Gasteiger partial charge on any atom is 0.251 e. The second-order valence-corrected chi connectivity index (χ2v) is 4.07. The van der Waals surface area contributed by atoms with Gasteiger partial charge in [0.2, 0.25) is 0 Å². The van der Waals surface area contributed by atoms with Gasteiger partial charge in [-0.2, -0.15) is 0 Å². The largest absolute Gasteiger partial charge is 0.383 e. The molecule has 0 spiro atoms. The summed E-state index contributed by atoms with van der Waals surface area (Å²) >= 11 is 5.89. The van der Waals surface area contributed by atoms with Crippen molar-refractivity contribution >= 4 is 17.5 Å². The second kappa shape index (κ2) is 6.45. The van der Waals surface area contributed by atoms with Gasteiger partial charge in [-0.15, -0.1) is 11.6 Å². The molecule has 0 fully saturated rings. The van der Waals surface area contributed by atoms with Crippen molar-refractivity contribution in [2.75, 3.05) is 20.3 Å². The average molecular weight is 243 g/mol. The molecule has 0 saturated carbocycles. The van der Waals surface area contributed by atoms with E-state index < -0.39 is 0 Å². The van der Waals surface area contributed by atoms with Gasteiger partial charge in [0.1, 0.15) is 0 Å². The molecule has 0 radical (unpaired) electrons. The van der Waals surface area contributed by atoms with Gasteiger partial charge in [-0.1, -0.05) is 0 Å². The predicted octanol–water partition coefficient (Wildman–Crippen LogP) is 1.37. The van der Waals surface area contributed by atoms with Gasteiger partial charge in [-0.3, -0.25) is 9.78 Å². The lowest BCUT2D eigenvalue weighted by Gasteiger charge is -2.09. The molecule has 0 aliphatic heterocycles. The van der Waals surface area contributed by atoms with Crippen LogP contribution in [0.1, 0.15) is 16.1 Å². The quantitative estimate of drug-likeness (QED) is 0.794. The molecule has 0 aliphatic carbocycles. The summed E-state index contributed by atoms with van der Waals surface area (Å²) in [6.45, 7) is 2.64. The van der Waals surface area contributed by atoms with Crippen molar-refractivity contribution in [1.29, 1.82) is 0 Å². The summed E-state index contributed by atoms with van der Waals surface area (Å²) in [4.78, 5) is 15.7. The van der Waals surface area contributed by atoms with Gasteiger partial charge in [0, 0.05) is 31.1 Å². The van der Waals surface area contributed by atoms with Crippen LogP contribution in [0.5, 0.6) is 0 Å². The molecule has 1 atom stereocenters. The first kappa shape index (κ1) is 12.9. The lowest BCUT2D eigenvalue weighted by Crippen LogP contribution is -2.31. The number of aromatic nitrogens is 1. The smallest absolute Gasteiger partial charge is 0.251 e. The molecule has 16 heavy (non-hydrogen) atoms.